The Morgan fingerprint density at radius 2 is 2.09 bits per heavy atom. The van der Waals surface area contributed by atoms with Crippen LogP contribution in [0.3, 0.4) is 0 Å². The summed E-state index contributed by atoms with van der Waals surface area (Å²) in [5, 5.41) is 29.6. The zero-order valence-electron chi connectivity index (χ0n) is 13.7. The molecule has 1 aliphatic rings. The maximum absolute atomic E-state index is 11.8. The lowest BCUT2D eigenvalue weighted by Gasteiger charge is -2.23. The van der Waals surface area contributed by atoms with Crippen molar-refractivity contribution >= 4 is 5.97 Å². The molecule has 0 radical (unpaired) electrons. The Morgan fingerprint density at radius 3 is 2.73 bits per heavy atom. The van der Waals surface area contributed by atoms with Crippen molar-refractivity contribution in [3.05, 3.63) is 23.8 Å². The van der Waals surface area contributed by atoms with E-state index in [-0.39, 0.29) is 37.4 Å². The van der Waals surface area contributed by atoms with Crippen molar-refractivity contribution in [3.63, 3.8) is 0 Å². The van der Waals surface area contributed by atoms with E-state index < -0.39 is 11.7 Å². The molecule has 0 saturated carbocycles. The van der Waals surface area contributed by atoms with Crippen molar-refractivity contribution in [2.45, 2.75) is 64.3 Å². The van der Waals surface area contributed by atoms with Crippen LogP contribution in [-0.4, -0.2) is 45.7 Å². The van der Waals surface area contributed by atoms with Crippen molar-refractivity contribution in [3.8, 4) is 0 Å². The minimum Gasteiger partial charge on any atom is -0.462 e. The van der Waals surface area contributed by atoms with Crippen LogP contribution in [0.2, 0.25) is 0 Å². The second-order valence-corrected chi connectivity index (χ2v) is 6.35. The predicted molar refractivity (Wildman–Crippen MR) is 84.1 cm³/mol. The Kier molecular flexibility index (Phi) is 7.26. The van der Waals surface area contributed by atoms with Crippen molar-refractivity contribution in [2.75, 3.05) is 6.61 Å². The van der Waals surface area contributed by atoms with Gasteiger partial charge < -0.3 is 20.1 Å². The average Bonchev–Trinajstić information content (AvgIpc) is 2.46. The molecule has 0 aromatic heterocycles. The molecule has 0 saturated heterocycles. The summed E-state index contributed by atoms with van der Waals surface area (Å²) in [6.45, 7) is 5.21. The summed E-state index contributed by atoms with van der Waals surface area (Å²) in [6.07, 6.45) is 5.40. The number of allylic oxidation sites excluding steroid dienone is 1. The fourth-order valence-corrected chi connectivity index (χ4v) is 2.29. The molecule has 0 aromatic carbocycles. The highest BCUT2D eigenvalue weighted by molar-refractivity contribution is 5.69. The van der Waals surface area contributed by atoms with Gasteiger partial charge in [-0.25, -0.2) is 0 Å². The number of cyclic esters (lactones) is 1. The predicted octanol–water partition coefficient (Wildman–Crippen LogP) is 1.71. The first kappa shape index (κ1) is 18.9. The summed E-state index contributed by atoms with van der Waals surface area (Å²) in [5.74, 6) is -0.145. The molecule has 1 heterocycles. The Labute approximate surface area is 132 Å². The molecule has 0 fully saturated rings. The molecule has 0 spiro atoms. The van der Waals surface area contributed by atoms with Crippen LogP contribution < -0.4 is 0 Å². The number of aliphatic hydroxyl groups excluding tert-OH is 2. The van der Waals surface area contributed by atoms with Crippen LogP contribution in [-0.2, 0) is 9.53 Å². The fraction of sp³-hybridized carbons (Fsp3) is 0.706. The third-order valence-corrected chi connectivity index (χ3v) is 4.18. The average molecular weight is 312 g/mol. The monoisotopic (exact) mass is 312 g/mol. The lowest BCUT2D eigenvalue weighted by atomic mass is 9.95. The van der Waals surface area contributed by atoms with Gasteiger partial charge in [0.15, 0.2) is 0 Å². The van der Waals surface area contributed by atoms with Gasteiger partial charge in [-0.15, -0.1) is 0 Å². The summed E-state index contributed by atoms with van der Waals surface area (Å²) < 4.78 is 5.38. The number of hydrogen-bond acceptors (Lipinski definition) is 5. The summed E-state index contributed by atoms with van der Waals surface area (Å²) in [4.78, 5) is 11.8. The lowest BCUT2D eigenvalue weighted by Crippen LogP contribution is -2.27. The highest BCUT2D eigenvalue weighted by Crippen LogP contribution is 2.20. The Balaban J connectivity index is 2.93. The molecule has 1 aliphatic heterocycles. The topological polar surface area (TPSA) is 87.0 Å². The number of carbonyl (C=O) groups is 1. The van der Waals surface area contributed by atoms with E-state index in [2.05, 4.69) is 0 Å². The highest BCUT2D eigenvalue weighted by Gasteiger charge is 2.22. The molecule has 4 atom stereocenters. The molecule has 4 unspecified atom stereocenters. The molecule has 0 aromatic rings. The van der Waals surface area contributed by atoms with Gasteiger partial charge in [0.05, 0.1) is 18.3 Å². The van der Waals surface area contributed by atoms with E-state index in [0.29, 0.717) is 12.0 Å². The number of carbonyl (C=O) groups excluding carboxylic acids is 1. The van der Waals surface area contributed by atoms with Gasteiger partial charge in [0, 0.05) is 6.42 Å². The molecular weight excluding hydrogens is 284 g/mol. The van der Waals surface area contributed by atoms with E-state index in [0.717, 1.165) is 6.42 Å². The molecule has 0 bridgehead atoms. The Bertz CT molecular complexity index is 425. The van der Waals surface area contributed by atoms with E-state index >= 15 is 0 Å². The maximum Gasteiger partial charge on any atom is 0.306 e. The van der Waals surface area contributed by atoms with Gasteiger partial charge in [-0.3, -0.25) is 4.79 Å². The van der Waals surface area contributed by atoms with Gasteiger partial charge in [0.2, 0.25) is 0 Å². The third-order valence-electron chi connectivity index (χ3n) is 4.18. The number of rotatable bonds is 1. The van der Waals surface area contributed by atoms with Gasteiger partial charge >= 0.3 is 5.97 Å². The number of esters is 1. The van der Waals surface area contributed by atoms with Crippen LogP contribution >= 0.6 is 0 Å². The molecule has 1 rings (SSSR count). The van der Waals surface area contributed by atoms with Gasteiger partial charge in [-0.2, -0.15) is 0 Å². The summed E-state index contributed by atoms with van der Waals surface area (Å²) in [7, 11) is 0. The van der Waals surface area contributed by atoms with Crippen LogP contribution in [0.25, 0.3) is 0 Å². The van der Waals surface area contributed by atoms with Crippen molar-refractivity contribution in [2.24, 2.45) is 5.92 Å². The summed E-state index contributed by atoms with van der Waals surface area (Å²) >= 11 is 0. The Hall–Kier alpha value is -1.17. The lowest BCUT2D eigenvalue weighted by molar-refractivity contribution is -0.151. The number of ether oxygens (including phenoxy) is 1. The number of aliphatic hydroxyl groups is 3. The largest absolute Gasteiger partial charge is 0.462 e. The molecule has 0 aliphatic carbocycles. The molecule has 3 N–H and O–H groups in total. The molecule has 22 heavy (non-hydrogen) atoms. The first-order valence-electron chi connectivity index (χ1n) is 7.84. The van der Waals surface area contributed by atoms with E-state index in [9.17, 15) is 20.1 Å². The standard InChI is InChI=1S/C17H28O5/c1-12-5-4-6-14(11-18)15(19)7-9-17(3,21)10-8-16(20)22-13(12)2/h6-7,9,12-13,15,18-19,21H,4-5,8,10-11H2,1-3H3. The zero-order valence-corrected chi connectivity index (χ0v) is 13.7. The van der Waals surface area contributed by atoms with Crippen LogP contribution in [0.5, 0.6) is 0 Å². The molecule has 126 valence electrons. The minimum absolute atomic E-state index is 0.118. The van der Waals surface area contributed by atoms with Crippen LogP contribution in [0.1, 0.15) is 46.5 Å². The maximum atomic E-state index is 11.8. The van der Waals surface area contributed by atoms with Gasteiger partial charge in [-0.05, 0) is 44.6 Å². The first-order valence-corrected chi connectivity index (χ1v) is 7.84. The second-order valence-electron chi connectivity index (χ2n) is 6.35. The van der Waals surface area contributed by atoms with E-state index in [1.165, 1.54) is 12.2 Å². The molecule has 5 nitrogen and oxygen atoms in total. The molecular formula is C17H28O5. The fourth-order valence-electron chi connectivity index (χ4n) is 2.29. The number of hydrogen-bond donors (Lipinski definition) is 3. The van der Waals surface area contributed by atoms with Gasteiger partial charge in [0.1, 0.15) is 6.10 Å². The molecule has 0 amide bonds. The Morgan fingerprint density at radius 1 is 1.41 bits per heavy atom. The van der Waals surface area contributed by atoms with Crippen molar-refractivity contribution in [1.82, 2.24) is 0 Å². The van der Waals surface area contributed by atoms with E-state index in [1.54, 1.807) is 13.0 Å². The summed E-state index contributed by atoms with van der Waals surface area (Å²) in [6, 6.07) is 0. The van der Waals surface area contributed by atoms with Crippen molar-refractivity contribution in [1.29, 1.82) is 0 Å². The summed E-state index contributed by atoms with van der Waals surface area (Å²) in [5.41, 5.74) is -0.694. The van der Waals surface area contributed by atoms with Gasteiger partial charge in [0.25, 0.3) is 0 Å². The first-order chi connectivity index (χ1) is 10.2. The molecule has 5 heteroatoms. The van der Waals surface area contributed by atoms with Crippen LogP contribution in [0, 0.1) is 5.92 Å². The van der Waals surface area contributed by atoms with Crippen LogP contribution in [0.15, 0.2) is 23.8 Å². The minimum atomic E-state index is -1.21. The zero-order chi connectivity index (χ0) is 16.8. The SMILES string of the molecule is CC1CCC=C(CO)C(O)C=CC(C)(O)CCC(=O)OC1C. The van der Waals surface area contributed by atoms with Crippen LogP contribution in [0.4, 0.5) is 0 Å². The van der Waals surface area contributed by atoms with E-state index in [4.69, 9.17) is 4.74 Å². The normalized spacial score (nSPS) is 35.5. The highest BCUT2D eigenvalue weighted by atomic mass is 16.5. The quantitative estimate of drug-likeness (QED) is 0.507. The van der Waals surface area contributed by atoms with Gasteiger partial charge in [-0.1, -0.05) is 25.2 Å². The van der Waals surface area contributed by atoms with Crippen molar-refractivity contribution < 1.29 is 24.9 Å². The van der Waals surface area contributed by atoms with E-state index in [1.807, 2.05) is 13.8 Å². The second kappa shape index (κ2) is 8.46. The third kappa shape index (κ3) is 6.30. The smallest absolute Gasteiger partial charge is 0.306 e.